The highest BCUT2D eigenvalue weighted by Crippen LogP contribution is 2.25. The van der Waals surface area contributed by atoms with Gasteiger partial charge in [0.1, 0.15) is 11.9 Å². The maximum absolute atomic E-state index is 6.00. The van der Waals surface area contributed by atoms with E-state index in [1.165, 1.54) is 11.1 Å². The molecule has 18 heavy (non-hydrogen) atoms. The van der Waals surface area contributed by atoms with Crippen LogP contribution in [0.5, 0.6) is 5.75 Å². The van der Waals surface area contributed by atoms with Crippen molar-refractivity contribution in [1.29, 1.82) is 0 Å². The van der Waals surface area contributed by atoms with Crippen molar-refractivity contribution in [3.8, 4) is 5.75 Å². The van der Waals surface area contributed by atoms with Crippen LogP contribution in [-0.2, 0) is 0 Å². The minimum Gasteiger partial charge on any atom is -0.486 e. The molecule has 0 bridgehead atoms. The lowest BCUT2D eigenvalue weighted by atomic mass is 10.1. The summed E-state index contributed by atoms with van der Waals surface area (Å²) in [4.78, 5) is 0. The van der Waals surface area contributed by atoms with Gasteiger partial charge in [-0.05, 0) is 24.6 Å². The van der Waals surface area contributed by atoms with Gasteiger partial charge < -0.3 is 4.74 Å². The summed E-state index contributed by atoms with van der Waals surface area (Å²) in [5, 5.41) is 0. The zero-order valence-electron chi connectivity index (χ0n) is 10.5. The fraction of sp³-hybridized carbons (Fsp3) is 0.250. The van der Waals surface area contributed by atoms with E-state index in [0.717, 1.165) is 12.2 Å². The van der Waals surface area contributed by atoms with Crippen molar-refractivity contribution in [3.63, 3.8) is 0 Å². The van der Waals surface area contributed by atoms with E-state index in [1.54, 1.807) is 0 Å². The second-order valence-electron chi connectivity index (χ2n) is 4.31. The topological polar surface area (TPSA) is 9.23 Å². The molecule has 1 atom stereocenters. The number of ether oxygens (including phenoxy) is 1. The lowest BCUT2D eigenvalue weighted by Gasteiger charge is -2.18. The fourth-order valence-electron chi connectivity index (χ4n) is 1.84. The van der Waals surface area contributed by atoms with Crippen molar-refractivity contribution >= 4 is 11.6 Å². The summed E-state index contributed by atoms with van der Waals surface area (Å²) < 4.78 is 6.00. The van der Waals surface area contributed by atoms with Gasteiger partial charge in [-0.3, -0.25) is 0 Å². The third kappa shape index (κ3) is 3.51. The quantitative estimate of drug-likeness (QED) is 0.706. The molecule has 0 unspecified atom stereocenters. The molecule has 94 valence electrons. The van der Waals surface area contributed by atoms with E-state index < -0.39 is 0 Å². The van der Waals surface area contributed by atoms with E-state index in [1.807, 2.05) is 30.3 Å². The van der Waals surface area contributed by atoms with Crippen LogP contribution in [0.15, 0.2) is 54.6 Å². The molecule has 0 aliphatic heterocycles. The lowest BCUT2D eigenvalue weighted by molar-refractivity contribution is 0.202. The van der Waals surface area contributed by atoms with Gasteiger partial charge >= 0.3 is 0 Å². The molecule has 2 aromatic carbocycles. The minimum atomic E-state index is 0.0190. The van der Waals surface area contributed by atoms with Gasteiger partial charge in [0.15, 0.2) is 0 Å². The van der Waals surface area contributed by atoms with Crippen LogP contribution >= 0.6 is 11.6 Å². The highest BCUT2D eigenvalue weighted by atomic mass is 35.5. The molecule has 0 spiro atoms. The number of rotatable bonds is 5. The number of para-hydroxylation sites is 1. The van der Waals surface area contributed by atoms with Gasteiger partial charge in [0.25, 0.3) is 0 Å². The number of benzene rings is 2. The van der Waals surface area contributed by atoms with Crippen LogP contribution in [0.3, 0.4) is 0 Å². The average Bonchev–Trinajstić information content (AvgIpc) is 2.40. The molecule has 0 aromatic heterocycles. The van der Waals surface area contributed by atoms with Gasteiger partial charge in [0, 0.05) is 12.3 Å². The number of hydrogen-bond acceptors (Lipinski definition) is 1. The first-order valence-electron chi connectivity index (χ1n) is 6.14. The summed E-state index contributed by atoms with van der Waals surface area (Å²) in [6.07, 6.45) is 0.824. The Labute approximate surface area is 113 Å². The average molecular weight is 261 g/mol. The second-order valence-corrected chi connectivity index (χ2v) is 4.69. The predicted octanol–water partition coefficient (Wildman–Crippen LogP) is 4.74. The van der Waals surface area contributed by atoms with Crippen LogP contribution in [-0.4, -0.2) is 5.88 Å². The molecule has 0 amide bonds. The highest BCUT2D eigenvalue weighted by molar-refractivity contribution is 6.17. The Bertz CT molecular complexity index is 464. The molecule has 0 saturated carbocycles. The Hall–Kier alpha value is -1.47. The molecule has 0 heterocycles. The molecule has 0 saturated heterocycles. The Morgan fingerprint density at radius 3 is 2.28 bits per heavy atom. The van der Waals surface area contributed by atoms with Gasteiger partial charge in [-0.15, -0.1) is 11.6 Å². The van der Waals surface area contributed by atoms with E-state index in [9.17, 15) is 0 Å². The first kappa shape index (κ1) is 13.0. The molecular formula is C16H17ClO. The molecule has 2 aromatic rings. The third-order valence-electron chi connectivity index (χ3n) is 2.84. The van der Waals surface area contributed by atoms with Gasteiger partial charge in [-0.25, -0.2) is 0 Å². The Balaban J connectivity index is 2.15. The first-order chi connectivity index (χ1) is 8.79. The summed E-state index contributed by atoms with van der Waals surface area (Å²) >= 11 is 5.86. The molecule has 0 N–H and O–H groups in total. The Morgan fingerprint density at radius 2 is 1.67 bits per heavy atom. The molecule has 0 fully saturated rings. The van der Waals surface area contributed by atoms with Crippen molar-refractivity contribution in [2.24, 2.45) is 0 Å². The highest BCUT2D eigenvalue weighted by Gasteiger charge is 2.12. The van der Waals surface area contributed by atoms with Crippen molar-refractivity contribution in [1.82, 2.24) is 0 Å². The standard InChI is InChI=1S/C16H17ClO/c1-13-7-9-14(10-8-13)16(11-12-17)18-15-5-3-2-4-6-15/h2-10,16H,11-12H2,1H3/t16-/m1/s1. The summed E-state index contributed by atoms with van der Waals surface area (Å²) in [5.74, 6) is 1.47. The maximum Gasteiger partial charge on any atom is 0.125 e. The number of alkyl halides is 1. The van der Waals surface area contributed by atoms with E-state index in [-0.39, 0.29) is 6.10 Å². The molecular weight excluding hydrogens is 244 g/mol. The predicted molar refractivity (Wildman–Crippen MR) is 76.3 cm³/mol. The van der Waals surface area contributed by atoms with Crippen LogP contribution in [0.2, 0.25) is 0 Å². The monoisotopic (exact) mass is 260 g/mol. The SMILES string of the molecule is Cc1ccc([C@@H](CCCl)Oc2ccccc2)cc1. The van der Waals surface area contributed by atoms with E-state index in [4.69, 9.17) is 16.3 Å². The summed E-state index contributed by atoms with van der Waals surface area (Å²) in [7, 11) is 0. The number of hydrogen-bond donors (Lipinski definition) is 0. The molecule has 0 aliphatic carbocycles. The molecule has 0 aliphatic rings. The van der Waals surface area contributed by atoms with Gasteiger partial charge in [0.2, 0.25) is 0 Å². The van der Waals surface area contributed by atoms with Gasteiger partial charge in [-0.2, -0.15) is 0 Å². The maximum atomic E-state index is 6.00. The van der Waals surface area contributed by atoms with Crippen LogP contribution in [0.25, 0.3) is 0 Å². The number of aryl methyl sites for hydroxylation is 1. The summed E-state index contributed by atoms with van der Waals surface area (Å²) in [5.41, 5.74) is 2.42. The van der Waals surface area contributed by atoms with Gasteiger partial charge in [0.05, 0.1) is 0 Å². The van der Waals surface area contributed by atoms with Crippen molar-refractivity contribution in [2.45, 2.75) is 19.4 Å². The van der Waals surface area contributed by atoms with Crippen LogP contribution < -0.4 is 4.74 Å². The van der Waals surface area contributed by atoms with Crippen molar-refractivity contribution in [3.05, 3.63) is 65.7 Å². The molecule has 0 radical (unpaired) electrons. The lowest BCUT2D eigenvalue weighted by Crippen LogP contribution is -2.08. The van der Waals surface area contributed by atoms with Crippen molar-refractivity contribution in [2.75, 3.05) is 5.88 Å². The summed E-state index contributed by atoms with van der Waals surface area (Å²) in [6.45, 7) is 2.08. The van der Waals surface area contributed by atoms with Crippen LogP contribution in [0.1, 0.15) is 23.7 Å². The third-order valence-corrected chi connectivity index (χ3v) is 3.06. The smallest absolute Gasteiger partial charge is 0.125 e. The second kappa shape index (κ2) is 6.46. The normalized spacial score (nSPS) is 12.1. The zero-order chi connectivity index (χ0) is 12.8. The van der Waals surface area contributed by atoms with E-state index in [2.05, 4.69) is 31.2 Å². The fourth-order valence-corrected chi connectivity index (χ4v) is 2.04. The van der Waals surface area contributed by atoms with Crippen molar-refractivity contribution < 1.29 is 4.74 Å². The Morgan fingerprint density at radius 1 is 1.00 bits per heavy atom. The molecule has 2 rings (SSSR count). The Kier molecular flexibility index (Phi) is 4.66. The molecule has 2 heteroatoms. The van der Waals surface area contributed by atoms with Crippen LogP contribution in [0.4, 0.5) is 0 Å². The van der Waals surface area contributed by atoms with Gasteiger partial charge in [-0.1, -0.05) is 48.0 Å². The van der Waals surface area contributed by atoms with E-state index >= 15 is 0 Å². The van der Waals surface area contributed by atoms with Crippen LogP contribution in [0, 0.1) is 6.92 Å². The minimum absolute atomic E-state index is 0.0190. The number of halogens is 1. The molecule has 1 nitrogen and oxygen atoms in total. The summed E-state index contributed by atoms with van der Waals surface area (Å²) in [6, 6.07) is 18.3. The van der Waals surface area contributed by atoms with E-state index in [0.29, 0.717) is 5.88 Å². The largest absolute Gasteiger partial charge is 0.486 e. The zero-order valence-corrected chi connectivity index (χ0v) is 11.2. The first-order valence-corrected chi connectivity index (χ1v) is 6.67.